The van der Waals surface area contributed by atoms with Gasteiger partial charge in [-0.05, 0) is 29.3 Å². The van der Waals surface area contributed by atoms with Crippen molar-refractivity contribution in [2.24, 2.45) is 0 Å². The summed E-state index contributed by atoms with van der Waals surface area (Å²) in [5.74, 6) is 0.821. The highest BCUT2D eigenvalue weighted by Crippen LogP contribution is 2.30. The first kappa shape index (κ1) is 13.9. The average Bonchev–Trinajstić information content (AvgIpc) is 2.61. The molecule has 0 spiro atoms. The number of rotatable bonds is 4. The van der Waals surface area contributed by atoms with Gasteiger partial charge in [-0.15, -0.1) is 0 Å². The maximum Gasteiger partial charge on any atom is 0.127 e. The van der Waals surface area contributed by atoms with Crippen molar-refractivity contribution in [1.82, 2.24) is 0 Å². The van der Waals surface area contributed by atoms with Gasteiger partial charge in [-0.3, -0.25) is 0 Å². The van der Waals surface area contributed by atoms with Gasteiger partial charge in [-0.1, -0.05) is 60.7 Å². The summed E-state index contributed by atoms with van der Waals surface area (Å²) in [5.41, 5.74) is 3.76. The summed E-state index contributed by atoms with van der Waals surface area (Å²) >= 11 is 0. The molecule has 2 heteroatoms. The summed E-state index contributed by atoms with van der Waals surface area (Å²) < 4.78 is 5.97. The zero-order valence-corrected chi connectivity index (χ0v) is 12.1. The molecule has 106 valence electrons. The fraction of sp³-hybridized carbons (Fsp3) is 0.0500. The minimum Gasteiger partial charge on any atom is -0.488 e. The zero-order chi connectivity index (χ0) is 15.2. The van der Waals surface area contributed by atoms with E-state index in [9.17, 15) is 0 Å². The van der Waals surface area contributed by atoms with E-state index in [1.165, 1.54) is 0 Å². The maximum absolute atomic E-state index is 9.05. The second-order valence-corrected chi connectivity index (χ2v) is 4.96. The molecule has 0 fully saturated rings. The normalized spacial score (nSPS) is 9.95. The van der Waals surface area contributed by atoms with Crippen LogP contribution in [-0.4, -0.2) is 0 Å². The lowest BCUT2D eigenvalue weighted by Crippen LogP contribution is -1.96. The molecule has 0 aliphatic heterocycles. The molecular formula is C20H15NO. The zero-order valence-electron chi connectivity index (χ0n) is 12.1. The molecule has 0 radical (unpaired) electrons. The van der Waals surface area contributed by atoms with Crippen molar-refractivity contribution in [2.75, 3.05) is 0 Å². The SMILES string of the molecule is N#Cc1cccc(-c2ccccc2OCc2ccccc2)c1. The first-order chi connectivity index (χ1) is 10.9. The highest BCUT2D eigenvalue weighted by Gasteiger charge is 2.06. The van der Waals surface area contributed by atoms with E-state index in [2.05, 4.69) is 6.07 Å². The van der Waals surface area contributed by atoms with Gasteiger partial charge in [0.25, 0.3) is 0 Å². The molecule has 3 rings (SSSR count). The minimum absolute atomic E-state index is 0.524. The third-order valence-corrected chi connectivity index (χ3v) is 3.43. The Bertz CT molecular complexity index is 803. The monoisotopic (exact) mass is 285 g/mol. The summed E-state index contributed by atoms with van der Waals surface area (Å²) in [4.78, 5) is 0. The van der Waals surface area contributed by atoms with Crippen molar-refractivity contribution in [1.29, 1.82) is 5.26 Å². The van der Waals surface area contributed by atoms with Gasteiger partial charge in [0.15, 0.2) is 0 Å². The van der Waals surface area contributed by atoms with Crippen LogP contribution >= 0.6 is 0 Å². The number of ether oxygens (including phenoxy) is 1. The molecule has 0 aromatic heterocycles. The van der Waals surface area contributed by atoms with E-state index < -0.39 is 0 Å². The molecular weight excluding hydrogens is 270 g/mol. The highest BCUT2D eigenvalue weighted by molar-refractivity contribution is 5.71. The first-order valence-corrected chi connectivity index (χ1v) is 7.13. The van der Waals surface area contributed by atoms with Crippen LogP contribution in [0, 0.1) is 11.3 Å². The molecule has 0 saturated carbocycles. The molecule has 0 amide bonds. The smallest absolute Gasteiger partial charge is 0.127 e. The van der Waals surface area contributed by atoms with Crippen LogP contribution in [0.1, 0.15) is 11.1 Å². The summed E-state index contributed by atoms with van der Waals surface area (Å²) in [7, 11) is 0. The van der Waals surface area contributed by atoms with Crippen LogP contribution in [-0.2, 0) is 6.61 Å². The summed E-state index contributed by atoms with van der Waals surface area (Å²) in [6.07, 6.45) is 0. The Balaban J connectivity index is 1.88. The van der Waals surface area contributed by atoms with E-state index in [1.807, 2.05) is 72.8 Å². The number of hydrogen-bond donors (Lipinski definition) is 0. The third-order valence-electron chi connectivity index (χ3n) is 3.43. The maximum atomic E-state index is 9.05. The number of nitriles is 1. The predicted octanol–water partition coefficient (Wildman–Crippen LogP) is 4.80. The average molecular weight is 285 g/mol. The predicted molar refractivity (Wildman–Crippen MR) is 87.4 cm³/mol. The molecule has 0 bridgehead atoms. The van der Waals surface area contributed by atoms with Gasteiger partial charge < -0.3 is 4.74 Å². The Morgan fingerprint density at radius 3 is 2.41 bits per heavy atom. The highest BCUT2D eigenvalue weighted by atomic mass is 16.5. The Morgan fingerprint density at radius 1 is 0.818 bits per heavy atom. The number of benzene rings is 3. The van der Waals surface area contributed by atoms with Crippen LogP contribution in [0.25, 0.3) is 11.1 Å². The van der Waals surface area contributed by atoms with Gasteiger partial charge in [0.05, 0.1) is 11.6 Å². The number of para-hydroxylation sites is 1. The fourth-order valence-electron chi connectivity index (χ4n) is 2.32. The molecule has 0 unspecified atom stereocenters. The van der Waals surface area contributed by atoms with Crippen molar-refractivity contribution in [3.63, 3.8) is 0 Å². The van der Waals surface area contributed by atoms with Crippen molar-refractivity contribution >= 4 is 0 Å². The molecule has 0 saturated heterocycles. The van der Waals surface area contributed by atoms with E-state index in [1.54, 1.807) is 6.07 Å². The van der Waals surface area contributed by atoms with Crippen LogP contribution < -0.4 is 4.74 Å². The third kappa shape index (κ3) is 3.16. The molecule has 2 nitrogen and oxygen atoms in total. The molecule has 0 atom stereocenters. The largest absolute Gasteiger partial charge is 0.488 e. The summed E-state index contributed by atoms with van der Waals surface area (Å²) in [6, 6.07) is 27.7. The molecule has 0 aliphatic rings. The Morgan fingerprint density at radius 2 is 1.59 bits per heavy atom. The van der Waals surface area contributed by atoms with E-state index >= 15 is 0 Å². The molecule has 3 aromatic rings. The van der Waals surface area contributed by atoms with E-state index in [0.29, 0.717) is 12.2 Å². The second-order valence-electron chi connectivity index (χ2n) is 4.96. The van der Waals surface area contributed by atoms with Gasteiger partial charge >= 0.3 is 0 Å². The van der Waals surface area contributed by atoms with Crippen LogP contribution in [0.2, 0.25) is 0 Å². The summed E-state index contributed by atoms with van der Waals surface area (Å²) in [5, 5.41) is 9.05. The Hall–Kier alpha value is -3.05. The van der Waals surface area contributed by atoms with Crippen molar-refractivity contribution in [3.8, 4) is 22.9 Å². The fourth-order valence-corrected chi connectivity index (χ4v) is 2.32. The molecule has 3 aromatic carbocycles. The van der Waals surface area contributed by atoms with Crippen LogP contribution in [0.5, 0.6) is 5.75 Å². The van der Waals surface area contributed by atoms with Crippen LogP contribution in [0.3, 0.4) is 0 Å². The second kappa shape index (κ2) is 6.60. The topological polar surface area (TPSA) is 33.0 Å². The van der Waals surface area contributed by atoms with Crippen molar-refractivity contribution in [3.05, 3.63) is 90.0 Å². The lowest BCUT2D eigenvalue weighted by Gasteiger charge is -2.12. The minimum atomic E-state index is 0.524. The number of nitrogens with zero attached hydrogens (tertiary/aromatic N) is 1. The molecule has 0 aliphatic carbocycles. The quantitative estimate of drug-likeness (QED) is 0.689. The van der Waals surface area contributed by atoms with Gasteiger partial charge in [0, 0.05) is 5.56 Å². The Labute approximate surface area is 130 Å². The summed E-state index contributed by atoms with van der Waals surface area (Å²) in [6.45, 7) is 0.524. The van der Waals surface area contributed by atoms with Gasteiger partial charge in [0.1, 0.15) is 12.4 Å². The van der Waals surface area contributed by atoms with E-state index in [4.69, 9.17) is 10.00 Å². The number of hydrogen-bond acceptors (Lipinski definition) is 2. The van der Waals surface area contributed by atoms with E-state index in [-0.39, 0.29) is 0 Å². The molecule has 22 heavy (non-hydrogen) atoms. The lowest BCUT2D eigenvalue weighted by atomic mass is 10.0. The Kier molecular flexibility index (Phi) is 4.17. The van der Waals surface area contributed by atoms with Crippen molar-refractivity contribution in [2.45, 2.75) is 6.61 Å². The van der Waals surface area contributed by atoms with Gasteiger partial charge in [0.2, 0.25) is 0 Å². The molecule has 0 N–H and O–H groups in total. The van der Waals surface area contributed by atoms with Gasteiger partial charge in [-0.2, -0.15) is 5.26 Å². The van der Waals surface area contributed by atoms with Crippen LogP contribution in [0.4, 0.5) is 0 Å². The first-order valence-electron chi connectivity index (χ1n) is 7.13. The van der Waals surface area contributed by atoms with Crippen LogP contribution in [0.15, 0.2) is 78.9 Å². The lowest BCUT2D eigenvalue weighted by molar-refractivity contribution is 0.307. The van der Waals surface area contributed by atoms with Crippen molar-refractivity contribution < 1.29 is 4.74 Å². The standard InChI is InChI=1S/C20H15NO/c21-14-17-9-6-10-18(13-17)19-11-4-5-12-20(19)22-15-16-7-2-1-3-8-16/h1-13H,15H2. The van der Waals surface area contributed by atoms with E-state index in [0.717, 1.165) is 22.4 Å². The molecule has 0 heterocycles. The van der Waals surface area contributed by atoms with Gasteiger partial charge in [-0.25, -0.2) is 0 Å².